The van der Waals surface area contributed by atoms with Crippen molar-refractivity contribution in [2.45, 2.75) is 18.9 Å². The third kappa shape index (κ3) is 2.36. The molecule has 2 atom stereocenters. The van der Waals surface area contributed by atoms with Crippen LogP contribution in [0.1, 0.15) is 12.5 Å². The van der Waals surface area contributed by atoms with Gasteiger partial charge in [0.1, 0.15) is 5.82 Å². The van der Waals surface area contributed by atoms with Crippen LogP contribution in [0.3, 0.4) is 0 Å². The first-order valence-electron chi connectivity index (χ1n) is 5.25. The molecule has 1 fully saturated rings. The molecule has 0 amide bonds. The molecule has 0 saturated carbocycles. The summed E-state index contributed by atoms with van der Waals surface area (Å²) in [5.74, 6) is -0.00183. The first-order chi connectivity index (χ1) is 7.08. The van der Waals surface area contributed by atoms with E-state index >= 15 is 0 Å². The molecule has 0 radical (unpaired) electrons. The number of β-amino-alcohol motifs (C(OH)–C–C–N with tert-alkyl or cyclic N) is 1. The molecule has 1 heterocycles. The van der Waals surface area contributed by atoms with Crippen molar-refractivity contribution in [3.8, 4) is 0 Å². The molecule has 0 bridgehead atoms. The van der Waals surface area contributed by atoms with Crippen molar-refractivity contribution in [3.05, 3.63) is 35.6 Å². The topological polar surface area (TPSA) is 32.3 Å². The maximum absolute atomic E-state index is 12.7. The zero-order chi connectivity index (χ0) is 10.9. The third-order valence-corrected chi connectivity index (χ3v) is 3.15. The molecule has 2 nitrogen and oxygen atoms in total. The van der Waals surface area contributed by atoms with E-state index in [1.165, 1.54) is 12.1 Å². The van der Waals surface area contributed by atoms with E-state index in [-0.39, 0.29) is 11.7 Å². The maximum atomic E-state index is 12.7. The first-order valence-corrected chi connectivity index (χ1v) is 5.25. The Morgan fingerprint density at radius 3 is 2.67 bits per heavy atom. The molecular formula is C12H16FNO. The van der Waals surface area contributed by atoms with Gasteiger partial charge in [-0.25, -0.2) is 4.39 Å². The second-order valence-electron chi connectivity index (χ2n) is 4.52. The molecule has 15 heavy (non-hydrogen) atoms. The van der Waals surface area contributed by atoms with Crippen molar-refractivity contribution >= 4 is 0 Å². The lowest BCUT2D eigenvalue weighted by atomic mass is 9.87. The van der Waals surface area contributed by atoms with E-state index in [0.29, 0.717) is 6.54 Å². The molecule has 0 aromatic heterocycles. The highest BCUT2D eigenvalue weighted by molar-refractivity contribution is 5.18. The number of hydrogen-bond acceptors (Lipinski definition) is 2. The molecule has 0 aliphatic carbocycles. The minimum atomic E-state index is -0.644. The summed E-state index contributed by atoms with van der Waals surface area (Å²) in [6.07, 6.45) is 0.792. The molecule has 3 heteroatoms. The van der Waals surface area contributed by atoms with Crippen LogP contribution in [0.4, 0.5) is 4.39 Å². The molecule has 1 aromatic carbocycles. The van der Waals surface area contributed by atoms with Crippen LogP contribution < -0.4 is 5.32 Å². The van der Waals surface area contributed by atoms with Gasteiger partial charge in [0.15, 0.2) is 0 Å². The van der Waals surface area contributed by atoms with Gasteiger partial charge in [-0.1, -0.05) is 12.1 Å². The second-order valence-corrected chi connectivity index (χ2v) is 4.52. The van der Waals surface area contributed by atoms with Gasteiger partial charge in [-0.15, -0.1) is 0 Å². The predicted octanol–water partition coefficient (Wildman–Crippen LogP) is 1.34. The summed E-state index contributed by atoms with van der Waals surface area (Å²) in [6.45, 7) is 3.31. The minimum absolute atomic E-state index is 0.211. The van der Waals surface area contributed by atoms with E-state index in [0.717, 1.165) is 18.5 Å². The van der Waals surface area contributed by atoms with E-state index in [2.05, 4.69) is 5.32 Å². The summed E-state index contributed by atoms with van der Waals surface area (Å²) in [5.41, 5.74) is 0.430. The third-order valence-electron chi connectivity index (χ3n) is 3.15. The smallest absolute Gasteiger partial charge is 0.123 e. The van der Waals surface area contributed by atoms with Crippen LogP contribution >= 0.6 is 0 Å². The molecule has 1 aliphatic rings. The van der Waals surface area contributed by atoms with Crippen LogP contribution in [-0.4, -0.2) is 23.8 Å². The lowest BCUT2D eigenvalue weighted by Crippen LogP contribution is -2.34. The zero-order valence-electron chi connectivity index (χ0n) is 8.83. The summed E-state index contributed by atoms with van der Waals surface area (Å²) in [5, 5.41) is 13.2. The molecule has 2 unspecified atom stereocenters. The molecule has 1 saturated heterocycles. The largest absolute Gasteiger partial charge is 0.389 e. The summed E-state index contributed by atoms with van der Waals surface area (Å²) < 4.78 is 12.7. The summed E-state index contributed by atoms with van der Waals surface area (Å²) in [6, 6.07) is 6.49. The maximum Gasteiger partial charge on any atom is 0.123 e. The van der Waals surface area contributed by atoms with E-state index in [9.17, 15) is 9.50 Å². The van der Waals surface area contributed by atoms with Gasteiger partial charge >= 0.3 is 0 Å². The highest BCUT2D eigenvalue weighted by Gasteiger charge is 2.36. The Kier molecular flexibility index (Phi) is 2.76. The average molecular weight is 209 g/mol. The average Bonchev–Trinajstić information content (AvgIpc) is 2.50. The summed E-state index contributed by atoms with van der Waals surface area (Å²) >= 11 is 0. The Balaban J connectivity index is 2.06. The lowest BCUT2D eigenvalue weighted by molar-refractivity contribution is 0.0363. The monoisotopic (exact) mass is 209 g/mol. The highest BCUT2D eigenvalue weighted by atomic mass is 19.1. The molecular weight excluding hydrogens is 193 g/mol. The van der Waals surface area contributed by atoms with Crippen LogP contribution in [0, 0.1) is 11.7 Å². The van der Waals surface area contributed by atoms with Gasteiger partial charge in [0.05, 0.1) is 5.60 Å². The Labute approximate surface area is 89.1 Å². The molecule has 1 aromatic rings. The minimum Gasteiger partial charge on any atom is -0.389 e. The Bertz CT molecular complexity index is 334. The number of rotatable bonds is 2. The number of halogens is 1. The van der Waals surface area contributed by atoms with E-state index in [4.69, 9.17) is 0 Å². The molecule has 1 aliphatic heterocycles. The number of hydrogen-bond donors (Lipinski definition) is 2. The van der Waals surface area contributed by atoms with Gasteiger partial charge in [-0.2, -0.15) is 0 Å². The normalized spacial score (nSPS) is 30.7. The van der Waals surface area contributed by atoms with Crippen molar-refractivity contribution in [1.82, 2.24) is 5.32 Å². The van der Waals surface area contributed by atoms with Crippen molar-refractivity contribution in [3.63, 3.8) is 0 Å². The van der Waals surface area contributed by atoms with Gasteiger partial charge in [0, 0.05) is 19.0 Å². The standard InChI is InChI=1S/C12H16FNO/c1-12(15)8-14-7-10(12)6-9-2-4-11(13)5-3-9/h2-5,10,14-15H,6-8H2,1H3. The zero-order valence-corrected chi connectivity index (χ0v) is 8.83. The SMILES string of the molecule is CC1(O)CNCC1Cc1ccc(F)cc1. The van der Waals surface area contributed by atoms with Crippen LogP contribution in [0.2, 0.25) is 0 Å². The summed E-state index contributed by atoms with van der Waals surface area (Å²) in [4.78, 5) is 0. The fraction of sp³-hybridized carbons (Fsp3) is 0.500. The Morgan fingerprint density at radius 2 is 2.13 bits per heavy atom. The Hall–Kier alpha value is -0.930. The predicted molar refractivity (Wildman–Crippen MR) is 57.1 cm³/mol. The number of aliphatic hydroxyl groups is 1. The molecule has 2 N–H and O–H groups in total. The molecule has 2 rings (SSSR count). The summed E-state index contributed by atoms with van der Waals surface area (Å²) in [7, 11) is 0. The quantitative estimate of drug-likeness (QED) is 0.770. The van der Waals surface area contributed by atoms with Crippen LogP contribution in [0.5, 0.6) is 0 Å². The molecule has 82 valence electrons. The van der Waals surface area contributed by atoms with Crippen molar-refractivity contribution in [2.75, 3.05) is 13.1 Å². The van der Waals surface area contributed by atoms with Crippen LogP contribution in [0.25, 0.3) is 0 Å². The fourth-order valence-electron chi connectivity index (χ4n) is 2.06. The highest BCUT2D eigenvalue weighted by Crippen LogP contribution is 2.25. The lowest BCUT2D eigenvalue weighted by Gasteiger charge is -2.24. The van der Waals surface area contributed by atoms with Crippen molar-refractivity contribution in [2.24, 2.45) is 5.92 Å². The van der Waals surface area contributed by atoms with Crippen LogP contribution in [-0.2, 0) is 6.42 Å². The van der Waals surface area contributed by atoms with E-state index in [1.807, 2.05) is 6.92 Å². The van der Waals surface area contributed by atoms with Crippen molar-refractivity contribution < 1.29 is 9.50 Å². The van der Waals surface area contributed by atoms with Gasteiger partial charge in [0.2, 0.25) is 0 Å². The van der Waals surface area contributed by atoms with E-state index in [1.54, 1.807) is 12.1 Å². The van der Waals surface area contributed by atoms with Crippen molar-refractivity contribution in [1.29, 1.82) is 0 Å². The fourth-order valence-corrected chi connectivity index (χ4v) is 2.06. The van der Waals surface area contributed by atoms with Gasteiger partial charge < -0.3 is 10.4 Å². The number of benzene rings is 1. The van der Waals surface area contributed by atoms with Gasteiger partial charge in [-0.3, -0.25) is 0 Å². The molecule has 0 spiro atoms. The van der Waals surface area contributed by atoms with E-state index < -0.39 is 5.60 Å². The second kappa shape index (κ2) is 3.91. The Morgan fingerprint density at radius 1 is 1.47 bits per heavy atom. The first kappa shape index (κ1) is 10.6. The number of nitrogens with one attached hydrogen (secondary N) is 1. The van der Waals surface area contributed by atoms with Crippen LogP contribution in [0.15, 0.2) is 24.3 Å². The van der Waals surface area contributed by atoms with Gasteiger partial charge in [-0.05, 0) is 31.0 Å². The van der Waals surface area contributed by atoms with Gasteiger partial charge in [0.25, 0.3) is 0 Å².